The van der Waals surface area contributed by atoms with Gasteiger partial charge >= 0.3 is 0 Å². The van der Waals surface area contributed by atoms with Crippen molar-refractivity contribution in [3.63, 3.8) is 0 Å². The van der Waals surface area contributed by atoms with Crippen LogP contribution >= 0.6 is 12.6 Å². The van der Waals surface area contributed by atoms with E-state index in [4.69, 9.17) is 5.73 Å². The fourth-order valence-corrected chi connectivity index (χ4v) is 2.07. The second-order valence-electron chi connectivity index (χ2n) is 3.42. The molecule has 0 aromatic rings. The number of aliphatic hydroxyl groups is 1. The molecule has 0 aromatic carbocycles. The highest BCUT2D eigenvalue weighted by Crippen LogP contribution is 2.23. The van der Waals surface area contributed by atoms with Gasteiger partial charge in [0, 0.05) is 6.04 Å². The summed E-state index contributed by atoms with van der Waals surface area (Å²) in [5.41, 5.74) is 5.89. The number of thiol groups is 1. The third-order valence-electron chi connectivity index (χ3n) is 2.54. The third kappa shape index (κ3) is 2.65. The molecule has 1 aliphatic rings. The molecule has 0 bridgehead atoms. The predicted octanol–water partition coefficient (Wildman–Crippen LogP) is 0.795. The second kappa shape index (κ2) is 4.33. The maximum atomic E-state index is 9.34. The Morgan fingerprint density at radius 2 is 1.91 bits per heavy atom. The lowest BCUT2D eigenvalue weighted by atomic mass is 9.98. The molecule has 0 aromatic heterocycles. The van der Waals surface area contributed by atoms with E-state index in [2.05, 4.69) is 12.6 Å². The second-order valence-corrected chi connectivity index (χ2v) is 3.78. The molecule has 0 amide bonds. The summed E-state index contributed by atoms with van der Waals surface area (Å²) in [5.74, 6) is 1.36. The van der Waals surface area contributed by atoms with Crippen LogP contribution in [0.2, 0.25) is 0 Å². The van der Waals surface area contributed by atoms with Gasteiger partial charge in [0.25, 0.3) is 0 Å². The van der Waals surface area contributed by atoms with Crippen molar-refractivity contribution < 1.29 is 5.11 Å². The van der Waals surface area contributed by atoms with Crippen molar-refractivity contribution in [1.82, 2.24) is 0 Å². The van der Waals surface area contributed by atoms with Crippen LogP contribution in [0, 0.1) is 5.92 Å². The summed E-state index contributed by atoms with van der Waals surface area (Å²) in [6.45, 7) is 0. The van der Waals surface area contributed by atoms with Gasteiger partial charge in [0.2, 0.25) is 0 Å². The number of aliphatic hydroxyl groups excluding tert-OH is 1. The molecule has 3 N–H and O–H groups in total. The lowest BCUT2D eigenvalue weighted by Crippen LogP contribution is -2.29. The van der Waals surface area contributed by atoms with E-state index in [1.165, 1.54) is 0 Å². The lowest BCUT2D eigenvalue weighted by Gasteiger charge is -2.17. The molecule has 3 unspecified atom stereocenters. The molecule has 66 valence electrons. The predicted molar refractivity (Wildman–Crippen MR) is 49.8 cm³/mol. The Labute approximate surface area is 73.6 Å². The van der Waals surface area contributed by atoms with Crippen molar-refractivity contribution in [2.45, 2.75) is 37.8 Å². The van der Waals surface area contributed by atoms with Gasteiger partial charge in [0.15, 0.2) is 0 Å². The highest BCUT2D eigenvalue weighted by molar-refractivity contribution is 7.80. The van der Waals surface area contributed by atoms with Gasteiger partial charge in [0.05, 0.1) is 6.10 Å². The summed E-state index contributed by atoms with van der Waals surface area (Å²) in [6, 6.07) is 0.254. The van der Waals surface area contributed by atoms with Crippen LogP contribution < -0.4 is 5.73 Å². The first-order valence-electron chi connectivity index (χ1n) is 4.28. The van der Waals surface area contributed by atoms with Gasteiger partial charge in [-0.3, -0.25) is 0 Å². The molecule has 1 saturated carbocycles. The van der Waals surface area contributed by atoms with Crippen molar-refractivity contribution >= 4 is 12.6 Å². The van der Waals surface area contributed by atoms with Gasteiger partial charge in [-0.1, -0.05) is 0 Å². The van der Waals surface area contributed by atoms with Gasteiger partial charge in [0.1, 0.15) is 0 Å². The normalized spacial score (nSPS) is 40.1. The van der Waals surface area contributed by atoms with E-state index in [1.807, 2.05) is 0 Å². The minimum absolute atomic E-state index is 0.120. The molecule has 0 radical (unpaired) electrons. The Balaban J connectivity index is 2.41. The molecule has 0 aliphatic heterocycles. The minimum atomic E-state index is -0.120. The molecule has 1 fully saturated rings. The Morgan fingerprint density at radius 1 is 1.27 bits per heavy atom. The Morgan fingerprint density at radius 3 is 2.55 bits per heavy atom. The van der Waals surface area contributed by atoms with Gasteiger partial charge in [-0.05, 0) is 37.4 Å². The fourth-order valence-electron chi connectivity index (χ4n) is 1.61. The summed E-state index contributed by atoms with van der Waals surface area (Å²) in [5, 5.41) is 9.34. The largest absolute Gasteiger partial charge is 0.393 e. The van der Waals surface area contributed by atoms with Crippen molar-refractivity contribution in [1.29, 1.82) is 0 Å². The van der Waals surface area contributed by atoms with Crippen LogP contribution in [0.1, 0.15) is 25.7 Å². The van der Waals surface area contributed by atoms with Crippen molar-refractivity contribution in [2.75, 3.05) is 5.75 Å². The molecular weight excluding hydrogens is 158 g/mol. The van der Waals surface area contributed by atoms with E-state index in [0.717, 1.165) is 31.4 Å². The first-order chi connectivity index (χ1) is 5.24. The molecule has 2 nitrogen and oxygen atoms in total. The Bertz CT molecular complexity index is 121. The minimum Gasteiger partial charge on any atom is -0.393 e. The summed E-state index contributed by atoms with van der Waals surface area (Å²) >= 11 is 4.24. The zero-order chi connectivity index (χ0) is 8.27. The Hall–Kier alpha value is 0.270. The maximum absolute atomic E-state index is 9.34. The highest BCUT2D eigenvalue weighted by Gasteiger charge is 2.22. The van der Waals surface area contributed by atoms with E-state index in [-0.39, 0.29) is 12.1 Å². The smallest absolute Gasteiger partial charge is 0.0541 e. The average molecular weight is 175 g/mol. The van der Waals surface area contributed by atoms with Crippen LogP contribution in [0.4, 0.5) is 0 Å². The topological polar surface area (TPSA) is 46.2 Å². The molecule has 0 spiro atoms. The zero-order valence-electron chi connectivity index (χ0n) is 6.74. The van der Waals surface area contributed by atoms with Crippen LogP contribution in [0.5, 0.6) is 0 Å². The summed E-state index contributed by atoms with van der Waals surface area (Å²) in [4.78, 5) is 0. The number of rotatable bonds is 1. The molecule has 0 heterocycles. The Kier molecular flexibility index (Phi) is 3.69. The standard InChI is InChI=1S/C8H17NOS/c9-8-4-3-7(10)2-1-6(8)5-11/h6-8,10-11H,1-5,9H2. The lowest BCUT2D eigenvalue weighted by molar-refractivity contribution is 0.156. The van der Waals surface area contributed by atoms with E-state index in [1.54, 1.807) is 0 Å². The number of hydrogen-bond acceptors (Lipinski definition) is 3. The summed E-state index contributed by atoms with van der Waals surface area (Å²) in [7, 11) is 0. The van der Waals surface area contributed by atoms with E-state index in [9.17, 15) is 5.11 Å². The van der Waals surface area contributed by atoms with Crippen LogP contribution in [0.3, 0.4) is 0 Å². The number of nitrogens with two attached hydrogens (primary N) is 1. The molecular formula is C8H17NOS. The van der Waals surface area contributed by atoms with Gasteiger partial charge in [-0.2, -0.15) is 12.6 Å². The highest BCUT2D eigenvalue weighted by atomic mass is 32.1. The van der Waals surface area contributed by atoms with Crippen molar-refractivity contribution in [2.24, 2.45) is 11.7 Å². The zero-order valence-corrected chi connectivity index (χ0v) is 7.63. The van der Waals surface area contributed by atoms with E-state index in [0.29, 0.717) is 5.92 Å². The molecule has 11 heavy (non-hydrogen) atoms. The van der Waals surface area contributed by atoms with Gasteiger partial charge in [-0.25, -0.2) is 0 Å². The molecule has 1 rings (SSSR count). The third-order valence-corrected chi connectivity index (χ3v) is 3.01. The van der Waals surface area contributed by atoms with Gasteiger partial charge in [-0.15, -0.1) is 0 Å². The summed E-state index contributed by atoms with van der Waals surface area (Å²) in [6.07, 6.45) is 3.63. The number of hydrogen-bond donors (Lipinski definition) is 3. The van der Waals surface area contributed by atoms with Crippen molar-refractivity contribution in [3.05, 3.63) is 0 Å². The monoisotopic (exact) mass is 175 g/mol. The van der Waals surface area contributed by atoms with Gasteiger partial charge < -0.3 is 10.8 Å². The molecule has 3 atom stereocenters. The van der Waals surface area contributed by atoms with E-state index >= 15 is 0 Å². The van der Waals surface area contributed by atoms with Crippen LogP contribution in [0.15, 0.2) is 0 Å². The first-order valence-corrected chi connectivity index (χ1v) is 4.91. The van der Waals surface area contributed by atoms with Crippen molar-refractivity contribution in [3.8, 4) is 0 Å². The van der Waals surface area contributed by atoms with Crippen LogP contribution in [-0.4, -0.2) is 23.0 Å². The average Bonchev–Trinajstić information content (AvgIpc) is 2.15. The molecule has 3 heteroatoms. The van der Waals surface area contributed by atoms with Crippen LogP contribution in [-0.2, 0) is 0 Å². The molecule has 0 saturated heterocycles. The summed E-state index contributed by atoms with van der Waals surface area (Å²) < 4.78 is 0. The van der Waals surface area contributed by atoms with Crippen LogP contribution in [0.25, 0.3) is 0 Å². The fraction of sp³-hybridized carbons (Fsp3) is 1.00. The maximum Gasteiger partial charge on any atom is 0.0541 e. The van der Waals surface area contributed by atoms with E-state index < -0.39 is 0 Å². The SMILES string of the molecule is NC1CCC(O)CCC1CS. The first kappa shape index (κ1) is 9.36. The quantitative estimate of drug-likeness (QED) is 0.408. The molecule has 1 aliphatic carbocycles.